The van der Waals surface area contributed by atoms with Gasteiger partial charge in [-0.3, -0.25) is 0 Å². The van der Waals surface area contributed by atoms with Crippen LogP contribution in [0, 0.1) is 0 Å². The number of methoxy groups -OCH3 is 2. The van der Waals surface area contributed by atoms with Gasteiger partial charge in [-0.2, -0.15) is 0 Å². The maximum absolute atomic E-state index is 11.9. The average molecular weight is 281 g/mol. The minimum Gasteiger partial charge on any atom is -0.497 e. The summed E-state index contributed by atoms with van der Waals surface area (Å²) in [6.07, 6.45) is 1.59. The largest absolute Gasteiger partial charge is 0.497 e. The highest BCUT2D eigenvalue weighted by molar-refractivity contribution is 5.80. The molecule has 112 valence electrons. The van der Waals surface area contributed by atoms with Gasteiger partial charge in [0.2, 0.25) is 0 Å². The third kappa shape index (κ3) is 4.33. The number of rotatable bonds is 8. The third-order valence-corrected chi connectivity index (χ3v) is 2.89. The lowest BCUT2D eigenvalue weighted by Crippen LogP contribution is -2.31. The summed E-state index contributed by atoms with van der Waals surface area (Å²) in [7, 11) is 3.18. The summed E-state index contributed by atoms with van der Waals surface area (Å²) >= 11 is 0. The third-order valence-electron chi connectivity index (χ3n) is 2.89. The monoisotopic (exact) mass is 281 g/mol. The van der Waals surface area contributed by atoms with Gasteiger partial charge in [-0.1, -0.05) is 13.3 Å². The van der Waals surface area contributed by atoms with Crippen molar-refractivity contribution in [3.05, 3.63) is 18.2 Å². The Morgan fingerprint density at radius 3 is 2.55 bits per heavy atom. The first-order valence-corrected chi connectivity index (χ1v) is 6.81. The highest BCUT2D eigenvalue weighted by atomic mass is 16.5. The molecule has 0 radical (unpaired) electrons. The van der Waals surface area contributed by atoms with E-state index in [0.717, 1.165) is 12.1 Å². The van der Waals surface area contributed by atoms with E-state index in [2.05, 4.69) is 5.32 Å². The molecule has 1 aromatic carbocycles. The predicted octanol–water partition coefficient (Wildman–Crippen LogP) is 2.85. The molecule has 0 aromatic heterocycles. The molecule has 0 aliphatic carbocycles. The van der Waals surface area contributed by atoms with Crippen LogP contribution in [0.2, 0.25) is 0 Å². The number of carbonyl (C=O) groups excluding carboxylic acids is 1. The fraction of sp³-hybridized carbons (Fsp3) is 0.533. The molecular formula is C15H23NO4. The van der Waals surface area contributed by atoms with Crippen LogP contribution >= 0.6 is 0 Å². The second-order valence-electron chi connectivity index (χ2n) is 4.30. The van der Waals surface area contributed by atoms with Gasteiger partial charge in [0.05, 0.1) is 26.5 Å². The predicted molar refractivity (Wildman–Crippen MR) is 78.5 cm³/mol. The number of nitrogens with one attached hydrogen (secondary N) is 1. The molecule has 0 amide bonds. The summed E-state index contributed by atoms with van der Waals surface area (Å²) in [5, 5.41) is 3.18. The van der Waals surface area contributed by atoms with E-state index < -0.39 is 0 Å². The van der Waals surface area contributed by atoms with Crippen LogP contribution in [-0.4, -0.2) is 32.8 Å². The number of ether oxygens (including phenoxy) is 3. The van der Waals surface area contributed by atoms with Gasteiger partial charge in [-0.05, 0) is 25.5 Å². The SMILES string of the molecule is CCCC(Nc1ccc(OC)cc1OC)C(=O)OCC. The lowest BCUT2D eigenvalue weighted by Gasteiger charge is -2.19. The van der Waals surface area contributed by atoms with Crippen LogP contribution in [0.25, 0.3) is 0 Å². The Morgan fingerprint density at radius 1 is 1.25 bits per heavy atom. The van der Waals surface area contributed by atoms with E-state index in [1.165, 1.54) is 0 Å². The number of anilines is 1. The Bertz CT molecular complexity index is 434. The van der Waals surface area contributed by atoms with Gasteiger partial charge in [0.25, 0.3) is 0 Å². The Kier molecular flexibility index (Phi) is 6.70. The number of benzene rings is 1. The molecule has 5 heteroatoms. The standard InChI is InChI=1S/C15H23NO4/c1-5-7-13(15(17)20-6-2)16-12-9-8-11(18-3)10-14(12)19-4/h8-10,13,16H,5-7H2,1-4H3. The van der Waals surface area contributed by atoms with Crippen LogP contribution in [0.3, 0.4) is 0 Å². The summed E-state index contributed by atoms with van der Waals surface area (Å²) in [4.78, 5) is 11.9. The second-order valence-corrected chi connectivity index (χ2v) is 4.30. The number of carbonyl (C=O) groups is 1. The van der Waals surface area contributed by atoms with Crippen LogP contribution in [0.4, 0.5) is 5.69 Å². The quantitative estimate of drug-likeness (QED) is 0.743. The van der Waals surface area contributed by atoms with E-state index in [4.69, 9.17) is 14.2 Å². The Morgan fingerprint density at radius 2 is 2.00 bits per heavy atom. The van der Waals surface area contributed by atoms with Gasteiger partial charge in [0, 0.05) is 6.07 Å². The lowest BCUT2D eigenvalue weighted by atomic mass is 10.1. The fourth-order valence-corrected chi connectivity index (χ4v) is 1.89. The smallest absolute Gasteiger partial charge is 0.328 e. The molecule has 1 unspecified atom stereocenters. The number of hydrogen-bond donors (Lipinski definition) is 1. The first-order valence-electron chi connectivity index (χ1n) is 6.81. The molecule has 0 aliphatic heterocycles. The van der Waals surface area contributed by atoms with E-state index in [9.17, 15) is 4.79 Å². The van der Waals surface area contributed by atoms with Crippen molar-refractivity contribution in [3.8, 4) is 11.5 Å². The van der Waals surface area contributed by atoms with E-state index in [1.54, 1.807) is 27.2 Å². The van der Waals surface area contributed by atoms with Crippen LogP contribution < -0.4 is 14.8 Å². The van der Waals surface area contributed by atoms with Gasteiger partial charge in [-0.25, -0.2) is 4.79 Å². The van der Waals surface area contributed by atoms with Crippen LogP contribution in [0.5, 0.6) is 11.5 Å². The van der Waals surface area contributed by atoms with Crippen LogP contribution in [-0.2, 0) is 9.53 Å². The second kappa shape index (κ2) is 8.30. The number of hydrogen-bond acceptors (Lipinski definition) is 5. The average Bonchev–Trinajstić information content (AvgIpc) is 2.47. The first kappa shape index (κ1) is 16.1. The molecular weight excluding hydrogens is 258 g/mol. The zero-order valence-electron chi connectivity index (χ0n) is 12.6. The van der Waals surface area contributed by atoms with Crippen molar-refractivity contribution < 1.29 is 19.0 Å². The van der Waals surface area contributed by atoms with E-state index in [1.807, 2.05) is 19.1 Å². The summed E-state index contributed by atoms with van der Waals surface area (Å²) in [5.74, 6) is 1.09. The van der Waals surface area contributed by atoms with Crippen LogP contribution in [0.1, 0.15) is 26.7 Å². The normalized spacial score (nSPS) is 11.6. The lowest BCUT2D eigenvalue weighted by molar-refractivity contribution is -0.144. The Hall–Kier alpha value is -1.91. The zero-order valence-corrected chi connectivity index (χ0v) is 12.6. The molecule has 0 saturated heterocycles. The van der Waals surface area contributed by atoms with Crippen LogP contribution in [0.15, 0.2) is 18.2 Å². The van der Waals surface area contributed by atoms with Crippen molar-refractivity contribution >= 4 is 11.7 Å². The molecule has 0 bridgehead atoms. The van der Waals surface area contributed by atoms with Crippen molar-refractivity contribution in [2.24, 2.45) is 0 Å². The first-order chi connectivity index (χ1) is 9.65. The van der Waals surface area contributed by atoms with Gasteiger partial charge in [-0.15, -0.1) is 0 Å². The minimum absolute atomic E-state index is 0.243. The summed E-state index contributed by atoms with van der Waals surface area (Å²) in [5.41, 5.74) is 0.750. The Balaban J connectivity index is 2.89. The van der Waals surface area contributed by atoms with Crippen molar-refractivity contribution in [2.75, 3.05) is 26.1 Å². The highest BCUT2D eigenvalue weighted by Crippen LogP contribution is 2.30. The van der Waals surface area contributed by atoms with Crippen molar-refractivity contribution in [1.82, 2.24) is 0 Å². The van der Waals surface area contributed by atoms with E-state index in [0.29, 0.717) is 24.5 Å². The molecule has 1 rings (SSSR count). The van der Waals surface area contributed by atoms with Crippen molar-refractivity contribution in [2.45, 2.75) is 32.7 Å². The zero-order chi connectivity index (χ0) is 15.0. The molecule has 1 atom stereocenters. The Labute approximate surface area is 120 Å². The fourth-order valence-electron chi connectivity index (χ4n) is 1.89. The minimum atomic E-state index is -0.373. The molecule has 20 heavy (non-hydrogen) atoms. The van der Waals surface area contributed by atoms with Gasteiger partial charge in [0.15, 0.2) is 0 Å². The summed E-state index contributed by atoms with van der Waals surface area (Å²) < 4.78 is 15.5. The molecule has 1 N–H and O–H groups in total. The number of esters is 1. The van der Waals surface area contributed by atoms with Gasteiger partial charge >= 0.3 is 5.97 Å². The molecule has 5 nitrogen and oxygen atoms in total. The maximum Gasteiger partial charge on any atom is 0.328 e. The van der Waals surface area contributed by atoms with Crippen molar-refractivity contribution in [1.29, 1.82) is 0 Å². The summed E-state index contributed by atoms with van der Waals surface area (Å²) in [6.45, 7) is 4.20. The molecule has 0 saturated carbocycles. The van der Waals surface area contributed by atoms with Gasteiger partial charge in [0.1, 0.15) is 17.5 Å². The molecule has 0 fully saturated rings. The topological polar surface area (TPSA) is 56.8 Å². The highest BCUT2D eigenvalue weighted by Gasteiger charge is 2.20. The molecule has 0 aliphatic rings. The molecule has 0 heterocycles. The van der Waals surface area contributed by atoms with E-state index >= 15 is 0 Å². The van der Waals surface area contributed by atoms with E-state index in [-0.39, 0.29) is 12.0 Å². The molecule has 1 aromatic rings. The maximum atomic E-state index is 11.9. The van der Waals surface area contributed by atoms with Crippen molar-refractivity contribution in [3.63, 3.8) is 0 Å². The van der Waals surface area contributed by atoms with Gasteiger partial charge < -0.3 is 19.5 Å². The molecule has 0 spiro atoms. The summed E-state index contributed by atoms with van der Waals surface area (Å²) in [6, 6.07) is 5.05.